The van der Waals surface area contributed by atoms with Crippen LogP contribution in [0.15, 0.2) is 18.2 Å². The topological polar surface area (TPSA) is 29.3 Å². The average Bonchev–Trinajstić information content (AvgIpc) is 2.43. The normalized spacial score (nSPS) is 24.6. The van der Waals surface area contributed by atoms with Gasteiger partial charge in [-0.25, -0.2) is 4.39 Å². The van der Waals surface area contributed by atoms with E-state index in [0.717, 1.165) is 24.4 Å². The number of rotatable bonds is 4. The van der Waals surface area contributed by atoms with E-state index in [-0.39, 0.29) is 5.82 Å². The summed E-state index contributed by atoms with van der Waals surface area (Å²) in [6.07, 6.45) is 3.55. The number of halogens is 2. The fourth-order valence-corrected chi connectivity index (χ4v) is 3.07. The molecule has 2 atom stereocenters. The van der Waals surface area contributed by atoms with E-state index < -0.39 is 0 Å². The van der Waals surface area contributed by atoms with E-state index in [0.29, 0.717) is 24.2 Å². The fourth-order valence-electron chi connectivity index (χ4n) is 2.89. The Hall–Kier alpha value is -0.640. The lowest BCUT2D eigenvalue weighted by Gasteiger charge is -2.39. The number of benzene rings is 1. The van der Waals surface area contributed by atoms with Crippen LogP contribution in [-0.4, -0.2) is 24.0 Å². The second kappa shape index (κ2) is 6.69. The van der Waals surface area contributed by atoms with Gasteiger partial charge in [-0.15, -0.1) is 0 Å². The average molecular weight is 285 g/mol. The minimum Gasteiger partial charge on any atom is -0.329 e. The van der Waals surface area contributed by atoms with Crippen molar-refractivity contribution in [1.82, 2.24) is 4.90 Å². The van der Waals surface area contributed by atoms with Gasteiger partial charge in [0.1, 0.15) is 5.82 Å². The second-order valence-corrected chi connectivity index (χ2v) is 5.80. The van der Waals surface area contributed by atoms with Crippen molar-refractivity contribution >= 4 is 11.6 Å². The van der Waals surface area contributed by atoms with E-state index in [1.165, 1.54) is 25.0 Å². The first kappa shape index (κ1) is 14.8. The van der Waals surface area contributed by atoms with Gasteiger partial charge in [0, 0.05) is 24.2 Å². The van der Waals surface area contributed by atoms with Gasteiger partial charge in [-0.1, -0.05) is 24.9 Å². The van der Waals surface area contributed by atoms with Crippen LogP contribution in [0.3, 0.4) is 0 Å². The Morgan fingerprint density at radius 2 is 2.26 bits per heavy atom. The summed E-state index contributed by atoms with van der Waals surface area (Å²) in [6, 6.07) is 4.94. The molecule has 2 unspecified atom stereocenters. The van der Waals surface area contributed by atoms with Gasteiger partial charge in [0.25, 0.3) is 0 Å². The zero-order valence-corrected chi connectivity index (χ0v) is 12.2. The second-order valence-electron chi connectivity index (χ2n) is 5.39. The molecule has 0 aromatic heterocycles. The van der Waals surface area contributed by atoms with Crippen LogP contribution in [0.1, 0.15) is 31.7 Å². The quantitative estimate of drug-likeness (QED) is 0.918. The highest BCUT2D eigenvalue weighted by Gasteiger charge is 2.26. The summed E-state index contributed by atoms with van der Waals surface area (Å²) >= 11 is 6.14. The summed E-state index contributed by atoms with van der Waals surface area (Å²) in [6.45, 7) is 4.60. The number of nitrogens with zero attached hydrogens (tertiary/aromatic N) is 1. The molecule has 0 spiro atoms. The largest absolute Gasteiger partial charge is 0.329 e. The molecule has 106 valence electrons. The van der Waals surface area contributed by atoms with Crippen LogP contribution in [0.2, 0.25) is 5.02 Å². The molecule has 4 heteroatoms. The Kier molecular flexibility index (Phi) is 5.20. The van der Waals surface area contributed by atoms with Gasteiger partial charge >= 0.3 is 0 Å². The third kappa shape index (κ3) is 3.68. The van der Waals surface area contributed by atoms with Gasteiger partial charge in [-0.05, 0) is 49.1 Å². The molecule has 0 aliphatic carbocycles. The summed E-state index contributed by atoms with van der Waals surface area (Å²) in [5, 5.41) is 0.634. The Morgan fingerprint density at radius 3 is 2.95 bits per heavy atom. The molecule has 1 saturated heterocycles. The zero-order chi connectivity index (χ0) is 13.8. The lowest BCUT2D eigenvalue weighted by atomic mass is 9.88. The van der Waals surface area contributed by atoms with Crippen molar-refractivity contribution in [3.05, 3.63) is 34.6 Å². The summed E-state index contributed by atoms with van der Waals surface area (Å²) in [7, 11) is 0. The number of likely N-dealkylation sites (tertiary alicyclic amines) is 1. The molecule has 1 aromatic rings. The number of piperidine rings is 1. The Morgan fingerprint density at radius 1 is 1.47 bits per heavy atom. The molecule has 2 nitrogen and oxygen atoms in total. The molecule has 1 aliphatic heterocycles. The van der Waals surface area contributed by atoms with Gasteiger partial charge in [-0.2, -0.15) is 0 Å². The highest BCUT2D eigenvalue weighted by Crippen LogP contribution is 2.28. The van der Waals surface area contributed by atoms with Gasteiger partial charge < -0.3 is 5.73 Å². The van der Waals surface area contributed by atoms with E-state index in [2.05, 4.69) is 11.8 Å². The van der Waals surface area contributed by atoms with Crippen LogP contribution >= 0.6 is 11.6 Å². The van der Waals surface area contributed by atoms with Crippen LogP contribution in [-0.2, 0) is 6.54 Å². The Balaban J connectivity index is 2.07. The smallest absolute Gasteiger partial charge is 0.123 e. The molecule has 1 aromatic carbocycles. The molecule has 1 aliphatic rings. The maximum atomic E-state index is 13.3. The van der Waals surface area contributed by atoms with E-state index in [4.69, 9.17) is 17.3 Å². The highest BCUT2D eigenvalue weighted by molar-refractivity contribution is 6.31. The third-order valence-electron chi connectivity index (χ3n) is 4.18. The van der Waals surface area contributed by atoms with Crippen molar-refractivity contribution in [3.8, 4) is 0 Å². The van der Waals surface area contributed by atoms with Crippen LogP contribution in [0.4, 0.5) is 4.39 Å². The predicted octanol–water partition coefficient (Wildman–Crippen LogP) is 3.43. The zero-order valence-electron chi connectivity index (χ0n) is 11.4. The first-order valence-corrected chi connectivity index (χ1v) is 7.39. The molecular formula is C15H22ClFN2. The minimum absolute atomic E-state index is 0.229. The molecule has 0 amide bonds. The van der Waals surface area contributed by atoms with Gasteiger partial charge in [0.05, 0.1) is 0 Å². The van der Waals surface area contributed by atoms with Crippen LogP contribution < -0.4 is 5.73 Å². The molecule has 0 saturated carbocycles. The van der Waals surface area contributed by atoms with Crippen molar-refractivity contribution in [2.45, 2.75) is 38.8 Å². The molecule has 2 rings (SSSR count). The molecule has 19 heavy (non-hydrogen) atoms. The summed E-state index contributed by atoms with van der Waals surface area (Å²) in [5.74, 6) is 0.542. The molecule has 0 radical (unpaired) electrons. The first-order valence-electron chi connectivity index (χ1n) is 7.02. The van der Waals surface area contributed by atoms with E-state index in [1.54, 1.807) is 6.07 Å². The molecular weight excluding hydrogens is 263 g/mol. The number of hydrogen-bond acceptors (Lipinski definition) is 2. The molecule has 2 N–H and O–H groups in total. The van der Waals surface area contributed by atoms with Gasteiger partial charge in [0.2, 0.25) is 0 Å². The molecule has 0 bridgehead atoms. The summed E-state index contributed by atoms with van der Waals surface area (Å²) < 4.78 is 13.3. The van der Waals surface area contributed by atoms with Crippen LogP contribution in [0.25, 0.3) is 0 Å². The molecule has 1 heterocycles. The fraction of sp³-hybridized carbons (Fsp3) is 0.600. The highest BCUT2D eigenvalue weighted by atomic mass is 35.5. The standard InChI is InChI=1S/C15H22ClFN2/c1-2-11-5-6-19(14(7-11)9-18)10-12-8-13(17)3-4-15(12)16/h3-4,8,11,14H,2,5-7,9-10,18H2,1H3. The lowest BCUT2D eigenvalue weighted by Crippen LogP contribution is -2.46. The summed E-state index contributed by atoms with van der Waals surface area (Å²) in [4.78, 5) is 2.34. The van der Waals surface area contributed by atoms with Crippen LogP contribution in [0.5, 0.6) is 0 Å². The summed E-state index contributed by atoms with van der Waals surface area (Å²) in [5.41, 5.74) is 6.74. The van der Waals surface area contributed by atoms with Crippen LogP contribution in [0, 0.1) is 11.7 Å². The van der Waals surface area contributed by atoms with E-state index in [1.807, 2.05) is 0 Å². The van der Waals surface area contributed by atoms with Crippen molar-refractivity contribution in [2.24, 2.45) is 11.7 Å². The van der Waals surface area contributed by atoms with Gasteiger partial charge in [0.15, 0.2) is 0 Å². The number of hydrogen-bond donors (Lipinski definition) is 1. The SMILES string of the molecule is CCC1CCN(Cc2cc(F)ccc2Cl)C(CN)C1. The van der Waals surface area contributed by atoms with Crippen molar-refractivity contribution in [2.75, 3.05) is 13.1 Å². The Bertz CT molecular complexity index is 425. The van der Waals surface area contributed by atoms with E-state index in [9.17, 15) is 4.39 Å². The minimum atomic E-state index is -0.229. The molecule has 1 fully saturated rings. The monoisotopic (exact) mass is 284 g/mol. The van der Waals surface area contributed by atoms with Crippen molar-refractivity contribution in [1.29, 1.82) is 0 Å². The predicted molar refractivity (Wildman–Crippen MR) is 77.7 cm³/mol. The maximum absolute atomic E-state index is 13.3. The Labute approximate surface area is 119 Å². The van der Waals surface area contributed by atoms with Crippen molar-refractivity contribution in [3.63, 3.8) is 0 Å². The third-order valence-corrected chi connectivity index (χ3v) is 4.55. The lowest BCUT2D eigenvalue weighted by molar-refractivity contribution is 0.107. The maximum Gasteiger partial charge on any atom is 0.123 e. The number of nitrogens with two attached hydrogens (primary N) is 1. The van der Waals surface area contributed by atoms with E-state index >= 15 is 0 Å². The first-order chi connectivity index (χ1) is 9.13. The van der Waals surface area contributed by atoms with Gasteiger partial charge in [-0.3, -0.25) is 4.90 Å². The van der Waals surface area contributed by atoms with Crippen molar-refractivity contribution < 1.29 is 4.39 Å².